The summed E-state index contributed by atoms with van der Waals surface area (Å²) in [4.78, 5) is 48.5. The fraction of sp³-hybridized carbons (Fsp3) is 0. The average molecular weight is 454 g/mol. The van der Waals surface area contributed by atoms with Crippen LogP contribution in [0.15, 0.2) is 64.6 Å². The quantitative estimate of drug-likeness (QED) is 0.264. The number of imide groups is 2. The Bertz CT molecular complexity index is 1310. The number of carbonyl (C=O) groups is 3. The van der Waals surface area contributed by atoms with E-state index in [9.17, 15) is 29.6 Å². The number of hydrogen-bond donors (Lipinski definition) is 2. The number of phenolic OH excluding ortho intramolecular Hbond substituents is 1. The number of nitro groups is 1. The molecule has 10 nitrogen and oxygen atoms in total. The van der Waals surface area contributed by atoms with Gasteiger partial charge < -0.3 is 9.52 Å². The van der Waals surface area contributed by atoms with Gasteiger partial charge in [-0.2, -0.15) is 0 Å². The van der Waals surface area contributed by atoms with Crippen molar-refractivity contribution in [2.24, 2.45) is 0 Å². The second-order valence-electron chi connectivity index (χ2n) is 6.60. The number of rotatable bonds is 4. The summed E-state index contributed by atoms with van der Waals surface area (Å²) in [6.07, 6.45) is 1.16. The Balaban J connectivity index is 1.67. The van der Waals surface area contributed by atoms with Gasteiger partial charge in [-0.1, -0.05) is 11.6 Å². The van der Waals surface area contributed by atoms with Crippen LogP contribution in [0, 0.1) is 10.1 Å². The molecule has 0 radical (unpaired) electrons. The minimum atomic E-state index is -0.934. The van der Waals surface area contributed by atoms with Gasteiger partial charge >= 0.3 is 6.03 Å². The highest BCUT2D eigenvalue weighted by Gasteiger charge is 2.37. The summed E-state index contributed by atoms with van der Waals surface area (Å²) in [7, 11) is 0. The van der Waals surface area contributed by atoms with Gasteiger partial charge in [0.15, 0.2) is 0 Å². The van der Waals surface area contributed by atoms with E-state index in [1.165, 1.54) is 54.6 Å². The average Bonchev–Trinajstić information content (AvgIpc) is 3.21. The number of furan rings is 1. The Morgan fingerprint density at radius 3 is 2.47 bits per heavy atom. The Kier molecular flexibility index (Phi) is 5.21. The standard InChI is InChI=1S/C21H12ClN3O7/c22-16-7-1-11(9-17(16)25(30)31)18-8-6-14(32-18)10-15-19(27)23-21(29)24(20(15)28)12-2-4-13(26)5-3-12/h1-10,26H,(H,23,27,29)/b15-10-. The van der Waals surface area contributed by atoms with Crippen molar-refractivity contribution in [1.82, 2.24) is 5.32 Å². The van der Waals surface area contributed by atoms with Crippen LogP contribution in [-0.2, 0) is 9.59 Å². The molecule has 0 atom stereocenters. The maximum atomic E-state index is 12.9. The molecule has 1 fully saturated rings. The molecule has 32 heavy (non-hydrogen) atoms. The normalized spacial score (nSPS) is 15.2. The monoisotopic (exact) mass is 453 g/mol. The topological polar surface area (TPSA) is 143 Å². The first-order chi connectivity index (χ1) is 15.2. The number of anilines is 1. The van der Waals surface area contributed by atoms with Gasteiger partial charge in [0.2, 0.25) is 0 Å². The van der Waals surface area contributed by atoms with Gasteiger partial charge in [-0.15, -0.1) is 0 Å². The minimum absolute atomic E-state index is 0.0314. The van der Waals surface area contributed by atoms with Crippen LogP contribution in [0.2, 0.25) is 5.02 Å². The van der Waals surface area contributed by atoms with E-state index in [0.29, 0.717) is 5.56 Å². The molecular formula is C21H12ClN3O7. The molecule has 0 spiro atoms. The van der Waals surface area contributed by atoms with Crippen molar-refractivity contribution >= 4 is 46.9 Å². The highest BCUT2D eigenvalue weighted by Crippen LogP contribution is 2.32. The van der Waals surface area contributed by atoms with E-state index in [2.05, 4.69) is 5.32 Å². The van der Waals surface area contributed by atoms with Gasteiger partial charge in [-0.3, -0.25) is 25.0 Å². The van der Waals surface area contributed by atoms with Gasteiger partial charge in [-0.05, 0) is 54.6 Å². The van der Waals surface area contributed by atoms with E-state index >= 15 is 0 Å². The van der Waals surface area contributed by atoms with E-state index in [1.807, 2.05) is 0 Å². The van der Waals surface area contributed by atoms with Crippen LogP contribution < -0.4 is 10.2 Å². The lowest BCUT2D eigenvalue weighted by Crippen LogP contribution is -2.54. The number of hydrogen-bond acceptors (Lipinski definition) is 7. The molecule has 4 amide bonds. The second-order valence-corrected chi connectivity index (χ2v) is 7.01. The molecule has 11 heteroatoms. The highest BCUT2D eigenvalue weighted by molar-refractivity contribution is 6.39. The Morgan fingerprint density at radius 2 is 1.78 bits per heavy atom. The third-order valence-electron chi connectivity index (χ3n) is 4.55. The van der Waals surface area contributed by atoms with E-state index in [0.717, 1.165) is 11.0 Å². The number of amides is 4. The zero-order chi connectivity index (χ0) is 23.0. The summed E-state index contributed by atoms with van der Waals surface area (Å²) in [5.41, 5.74) is -0.144. The van der Waals surface area contributed by atoms with E-state index in [1.54, 1.807) is 0 Å². The van der Waals surface area contributed by atoms with Gasteiger partial charge in [0.1, 0.15) is 27.9 Å². The molecule has 2 heterocycles. The number of halogens is 1. The van der Waals surface area contributed by atoms with Gasteiger partial charge in [0.25, 0.3) is 17.5 Å². The van der Waals surface area contributed by atoms with Crippen molar-refractivity contribution in [1.29, 1.82) is 0 Å². The molecule has 0 aliphatic carbocycles. The summed E-state index contributed by atoms with van der Waals surface area (Å²) < 4.78 is 5.62. The van der Waals surface area contributed by atoms with Crippen LogP contribution in [-0.4, -0.2) is 27.9 Å². The molecule has 1 aliphatic rings. The molecule has 1 aromatic heterocycles. The fourth-order valence-corrected chi connectivity index (χ4v) is 3.21. The van der Waals surface area contributed by atoms with Crippen molar-refractivity contribution in [3.8, 4) is 17.1 Å². The van der Waals surface area contributed by atoms with Crippen LogP contribution in [0.1, 0.15) is 5.76 Å². The van der Waals surface area contributed by atoms with Crippen LogP contribution >= 0.6 is 11.6 Å². The summed E-state index contributed by atoms with van der Waals surface area (Å²) in [6, 6.07) is 11.4. The number of phenols is 1. The van der Waals surface area contributed by atoms with Crippen LogP contribution in [0.25, 0.3) is 17.4 Å². The molecule has 1 aliphatic heterocycles. The maximum Gasteiger partial charge on any atom is 0.335 e. The van der Waals surface area contributed by atoms with Crippen molar-refractivity contribution in [3.05, 3.63) is 81.1 Å². The van der Waals surface area contributed by atoms with Crippen LogP contribution in [0.4, 0.5) is 16.2 Å². The van der Waals surface area contributed by atoms with Crippen molar-refractivity contribution in [2.75, 3.05) is 4.90 Å². The number of nitrogens with zero attached hydrogens (tertiary/aromatic N) is 2. The van der Waals surface area contributed by atoms with Crippen molar-refractivity contribution < 1.29 is 28.8 Å². The largest absolute Gasteiger partial charge is 0.508 e. The number of carbonyl (C=O) groups excluding carboxylic acids is 3. The third-order valence-corrected chi connectivity index (χ3v) is 4.87. The molecule has 4 rings (SSSR count). The van der Waals surface area contributed by atoms with Crippen LogP contribution in [0.3, 0.4) is 0 Å². The maximum absolute atomic E-state index is 12.9. The lowest BCUT2D eigenvalue weighted by molar-refractivity contribution is -0.384. The Morgan fingerprint density at radius 1 is 1.06 bits per heavy atom. The van der Waals surface area contributed by atoms with Gasteiger partial charge in [-0.25, -0.2) is 9.69 Å². The molecule has 1 saturated heterocycles. The summed E-state index contributed by atoms with van der Waals surface area (Å²) >= 11 is 5.82. The SMILES string of the molecule is O=C1NC(=O)N(c2ccc(O)cc2)C(=O)/C1=C\c1ccc(-c2ccc(Cl)c([N+](=O)[O-])c2)o1. The smallest absolute Gasteiger partial charge is 0.335 e. The third kappa shape index (κ3) is 3.82. The van der Waals surface area contributed by atoms with E-state index < -0.39 is 22.8 Å². The van der Waals surface area contributed by atoms with Gasteiger partial charge in [0, 0.05) is 11.6 Å². The second kappa shape index (κ2) is 8.00. The molecule has 0 saturated carbocycles. The number of barbiturate groups is 1. The Hall–Kier alpha value is -4.44. The number of urea groups is 1. The number of nitro benzene ring substituents is 1. The Labute approximate surface area is 184 Å². The first-order valence-corrected chi connectivity index (χ1v) is 9.37. The molecule has 0 unspecified atom stereocenters. The zero-order valence-corrected chi connectivity index (χ0v) is 16.7. The molecule has 0 bridgehead atoms. The van der Waals surface area contributed by atoms with Crippen molar-refractivity contribution in [2.45, 2.75) is 0 Å². The lowest BCUT2D eigenvalue weighted by atomic mass is 10.1. The van der Waals surface area contributed by atoms with Gasteiger partial charge in [0.05, 0.1) is 10.6 Å². The number of aromatic hydroxyl groups is 1. The van der Waals surface area contributed by atoms with E-state index in [4.69, 9.17) is 16.0 Å². The predicted octanol–water partition coefficient (Wildman–Crippen LogP) is 3.88. The first-order valence-electron chi connectivity index (χ1n) is 8.99. The van der Waals surface area contributed by atoms with E-state index in [-0.39, 0.29) is 39.2 Å². The molecule has 2 aromatic carbocycles. The van der Waals surface area contributed by atoms with Crippen molar-refractivity contribution in [3.63, 3.8) is 0 Å². The molecule has 3 aromatic rings. The molecular weight excluding hydrogens is 442 g/mol. The highest BCUT2D eigenvalue weighted by atomic mass is 35.5. The zero-order valence-electron chi connectivity index (χ0n) is 15.9. The summed E-state index contributed by atoms with van der Waals surface area (Å²) in [5, 5.41) is 22.5. The first kappa shape index (κ1) is 20.8. The molecule has 160 valence electrons. The molecule has 2 N–H and O–H groups in total. The number of nitrogens with one attached hydrogen (secondary N) is 1. The summed E-state index contributed by atoms with van der Waals surface area (Å²) in [6.45, 7) is 0. The predicted molar refractivity (Wildman–Crippen MR) is 113 cm³/mol. The fourth-order valence-electron chi connectivity index (χ4n) is 3.03. The van der Waals surface area contributed by atoms with Crippen LogP contribution in [0.5, 0.6) is 5.75 Å². The minimum Gasteiger partial charge on any atom is -0.508 e. The number of benzene rings is 2. The summed E-state index contributed by atoms with van der Waals surface area (Å²) in [5.74, 6) is -1.50. The lowest BCUT2D eigenvalue weighted by Gasteiger charge is -2.26.